The lowest BCUT2D eigenvalue weighted by Gasteiger charge is -2.29. The number of urea groups is 1. The lowest BCUT2D eigenvalue weighted by molar-refractivity contribution is -0.141. The summed E-state index contributed by atoms with van der Waals surface area (Å²) in [5.41, 5.74) is 0. The number of hydrogen-bond acceptors (Lipinski definition) is 4. The van der Waals surface area contributed by atoms with Gasteiger partial charge in [0.05, 0.1) is 5.37 Å². The molecule has 0 spiro atoms. The summed E-state index contributed by atoms with van der Waals surface area (Å²) in [6.07, 6.45) is 1.93. The highest BCUT2D eigenvalue weighted by molar-refractivity contribution is 8.00. The second-order valence-corrected chi connectivity index (χ2v) is 7.13. The van der Waals surface area contributed by atoms with Crippen LogP contribution in [0, 0.1) is 11.8 Å². The summed E-state index contributed by atoms with van der Waals surface area (Å²) >= 11 is 1.55. The first kappa shape index (κ1) is 16.4. The van der Waals surface area contributed by atoms with Gasteiger partial charge in [0.1, 0.15) is 6.04 Å². The van der Waals surface area contributed by atoms with Gasteiger partial charge in [-0.15, -0.1) is 11.8 Å². The largest absolute Gasteiger partial charge is 0.480 e. The number of thioether (sulfide) groups is 1. The number of carboxylic acid groups (broad SMARTS) is 1. The van der Waals surface area contributed by atoms with E-state index in [2.05, 4.69) is 5.32 Å². The molecule has 2 amide bonds. The molecule has 0 radical (unpaired) electrons. The van der Waals surface area contributed by atoms with E-state index in [1.807, 2.05) is 13.8 Å². The molecule has 2 aliphatic heterocycles. The Morgan fingerprint density at radius 1 is 1.48 bits per heavy atom. The fraction of sp³-hybridized carbons (Fsp3) is 0.857. The van der Waals surface area contributed by atoms with Crippen LogP contribution >= 0.6 is 11.8 Å². The molecular weight excluding hydrogens is 292 g/mol. The predicted octanol–water partition coefficient (Wildman–Crippen LogP) is 1.61. The molecule has 0 aromatic rings. The first-order chi connectivity index (χ1) is 10.0. The van der Waals surface area contributed by atoms with Crippen molar-refractivity contribution in [2.75, 3.05) is 25.5 Å². The third-order valence-corrected chi connectivity index (χ3v) is 5.60. The van der Waals surface area contributed by atoms with Crippen LogP contribution in [0.2, 0.25) is 0 Å². The highest BCUT2D eigenvalue weighted by Gasteiger charge is 2.42. The second kappa shape index (κ2) is 7.35. The van der Waals surface area contributed by atoms with Crippen molar-refractivity contribution in [2.45, 2.75) is 38.1 Å². The van der Waals surface area contributed by atoms with Gasteiger partial charge in [0.25, 0.3) is 0 Å². The van der Waals surface area contributed by atoms with E-state index in [1.165, 1.54) is 4.90 Å². The number of rotatable bonds is 5. The normalized spacial score (nSPS) is 29.1. The summed E-state index contributed by atoms with van der Waals surface area (Å²) in [5.74, 6) is 0.273. The Bertz CT molecular complexity index is 385. The van der Waals surface area contributed by atoms with Crippen molar-refractivity contribution in [3.63, 3.8) is 0 Å². The molecule has 2 aliphatic rings. The molecule has 3 atom stereocenters. The topological polar surface area (TPSA) is 78.9 Å². The zero-order chi connectivity index (χ0) is 15.4. The van der Waals surface area contributed by atoms with E-state index < -0.39 is 12.0 Å². The minimum atomic E-state index is -0.926. The van der Waals surface area contributed by atoms with Gasteiger partial charge in [0.2, 0.25) is 0 Å². The van der Waals surface area contributed by atoms with Gasteiger partial charge in [-0.3, -0.25) is 4.90 Å². The number of carbonyl (C=O) groups is 2. The zero-order valence-electron chi connectivity index (χ0n) is 12.6. The Labute approximate surface area is 129 Å². The lowest BCUT2D eigenvalue weighted by atomic mass is 10.1. The number of nitrogens with zero attached hydrogens (tertiary/aromatic N) is 1. The maximum absolute atomic E-state index is 12.4. The number of ether oxygens (including phenoxy) is 1. The molecule has 2 heterocycles. The van der Waals surface area contributed by atoms with Crippen molar-refractivity contribution in [1.82, 2.24) is 10.2 Å². The smallest absolute Gasteiger partial charge is 0.327 e. The summed E-state index contributed by atoms with van der Waals surface area (Å²) in [7, 11) is 0. The molecule has 6 nitrogen and oxygen atoms in total. The van der Waals surface area contributed by atoms with Gasteiger partial charge in [-0.05, 0) is 24.7 Å². The number of aliphatic carboxylic acids is 1. The molecular formula is C14H24N2O4S. The molecule has 0 aromatic heterocycles. The summed E-state index contributed by atoms with van der Waals surface area (Å²) in [4.78, 5) is 25.2. The van der Waals surface area contributed by atoms with E-state index >= 15 is 0 Å². The van der Waals surface area contributed by atoms with Gasteiger partial charge in [0.15, 0.2) is 0 Å². The molecule has 2 fully saturated rings. The third-order valence-electron chi connectivity index (χ3n) is 3.98. The minimum Gasteiger partial charge on any atom is -0.480 e. The highest BCUT2D eigenvalue weighted by Crippen LogP contribution is 2.34. The Morgan fingerprint density at radius 2 is 2.24 bits per heavy atom. The number of nitrogens with one attached hydrogen (secondary N) is 1. The first-order valence-electron chi connectivity index (χ1n) is 7.49. The number of carbonyl (C=O) groups excluding carboxylic acids is 1. The zero-order valence-corrected chi connectivity index (χ0v) is 13.4. The van der Waals surface area contributed by atoms with Gasteiger partial charge < -0.3 is 15.2 Å². The van der Waals surface area contributed by atoms with Gasteiger partial charge >= 0.3 is 12.0 Å². The number of hydrogen-bond donors (Lipinski definition) is 2. The van der Waals surface area contributed by atoms with Crippen LogP contribution in [0.5, 0.6) is 0 Å². The molecule has 2 rings (SSSR count). The quantitative estimate of drug-likeness (QED) is 0.805. The Morgan fingerprint density at radius 3 is 2.81 bits per heavy atom. The molecule has 0 aromatic carbocycles. The van der Waals surface area contributed by atoms with Crippen molar-refractivity contribution in [1.29, 1.82) is 0 Å². The molecule has 7 heteroatoms. The maximum Gasteiger partial charge on any atom is 0.327 e. The molecule has 3 unspecified atom stereocenters. The van der Waals surface area contributed by atoms with Crippen molar-refractivity contribution >= 4 is 23.8 Å². The van der Waals surface area contributed by atoms with Crippen LogP contribution in [0.15, 0.2) is 0 Å². The van der Waals surface area contributed by atoms with E-state index in [1.54, 1.807) is 11.8 Å². The number of amides is 2. The number of carboxylic acids is 1. The van der Waals surface area contributed by atoms with Gasteiger partial charge in [-0.2, -0.15) is 0 Å². The third kappa shape index (κ3) is 4.03. The summed E-state index contributed by atoms with van der Waals surface area (Å²) in [6.45, 7) is 6.17. The second-order valence-electron chi connectivity index (χ2n) is 5.98. The molecule has 0 aliphatic carbocycles. The van der Waals surface area contributed by atoms with Crippen LogP contribution in [0.3, 0.4) is 0 Å². The Hall–Kier alpha value is -0.950. The Kier molecular flexibility index (Phi) is 5.75. The van der Waals surface area contributed by atoms with E-state index in [4.69, 9.17) is 4.74 Å². The van der Waals surface area contributed by atoms with Crippen molar-refractivity contribution < 1.29 is 19.4 Å². The first-order valence-corrected chi connectivity index (χ1v) is 8.54. The molecule has 2 saturated heterocycles. The molecule has 0 bridgehead atoms. The fourth-order valence-corrected chi connectivity index (χ4v) is 4.25. The SMILES string of the molecule is CC(C)C1SCC(C(=O)O)N1C(=O)NCCC1CCOC1. The van der Waals surface area contributed by atoms with Crippen LogP contribution in [-0.4, -0.2) is 58.9 Å². The van der Waals surface area contributed by atoms with Crippen molar-refractivity contribution in [3.8, 4) is 0 Å². The van der Waals surface area contributed by atoms with Crippen LogP contribution in [0.1, 0.15) is 26.7 Å². The van der Waals surface area contributed by atoms with Gasteiger partial charge in [0, 0.05) is 25.5 Å². The van der Waals surface area contributed by atoms with Crippen LogP contribution in [-0.2, 0) is 9.53 Å². The maximum atomic E-state index is 12.4. The van der Waals surface area contributed by atoms with Gasteiger partial charge in [-0.25, -0.2) is 9.59 Å². The fourth-order valence-electron chi connectivity index (χ4n) is 2.77. The van der Waals surface area contributed by atoms with E-state index in [0.29, 0.717) is 18.2 Å². The van der Waals surface area contributed by atoms with E-state index in [0.717, 1.165) is 26.1 Å². The van der Waals surface area contributed by atoms with E-state index in [9.17, 15) is 14.7 Å². The molecule has 21 heavy (non-hydrogen) atoms. The van der Waals surface area contributed by atoms with Crippen molar-refractivity contribution in [2.24, 2.45) is 11.8 Å². The summed E-state index contributed by atoms with van der Waals surface area (Å²) < 4.78 is 5.31. The van der Waals surface area contributed by atoms with Crippen LogP contribution in [0.25, 0.3) is 0 Å². The summed E-state index contributed by atoms with van der Waals surface area (Å²) in [6, 6.07) is -0.984. The lowest BCUT2D eigenvalue weighted by Crippen LogP contribution is -2.51. The standard InChI is InChI=1S/C14H24N2O4S/c1-9(2)12-16(11(8-21-12)13(17)18)14(19)15-5-3-10-4-6-20-7-10/h9-12H,3-8H2,1-2H3,(H,15,19)(H,17,18). The summed E-state index contributed by atoms with van der Waals surface area (Å²) in [5, 5.41) is 12.1. The average molecular weight is 316 g/mol. The van der Waals surface area contributed by atoms with Crippen LogP contribution < -0.4 is 5.32 Å². The Balaban J connectivity index is 1.88. The minimum absolute atomic E-state index is 0.0686. The van der Waals surface area contributed by atoms with Crippen LogP contribution in [0.4, 0.5) is 4.79 Å². The predicted molar refractivity (Wildman–Crippen MR) is 81.3 cm³/mol. The molecule has 2 N–H and O–H groups in total. The van der Waals surface area contributed by atoms with Gasteiger partial charge in [-0.1, -0.05) is 13.8 Å². The monoisotopic (exact) mass is 316 g/mol. The molecule has 120 valence electrons. The molecule has 0 saturated carbocycles. The van der Waals surface area contributed by atoms with E-state index in [-0.39, 0.29) is 17.3 Å². The average Bonchev–Trinajstić information content (AvgIpc) is 3.07. The van der Waals surface area contributed by atoms with Crippen molar-refractivity contribution in [3.05, 3.63) is 0 Å². The highest BCUT2D eigenvalue weighted by atomic mass is 32.2.